The lowest BCUT2D eigenvalue weighted by Gasteiger charge is -2.29. The molecule has 2 saturated heterocycles. The fourth-order valence-corrected chi connectivity index (χ4v) is 3.92. The Morgan fingerprint density at radius 1 is 1.26 bits per heavy atom. The Hall–Kier alpha value is -1.58. The van der Waals surface area contributed by atoms with Crippen molar-refractivity contribution in [2.24, 2.45) is 5.92 Å². The molecule has 2 unspecified atom stereocenters. The molecule has 0 saturated carbocycles. The number of piperidine rings is 1. The van der Waals surface area contributed by atoms with Crippen LogP contribution in [0.4, 0.5) is 0 Å². The first kappa shape index (κ1) is 20.2. The van der Waals surface area contributed by atoms with E-state index < -0.39 is 0 Å². The van der Waals surface area contributed by atoms with Crippen LogP contribution in [0.2, 0.25) is 0 Å². The van der Waals surface area contributed by atoms with Crippen LogP contribution >= 0.6 is 0 Å². The third kappa shape index (κ3) is 5.70. The first-order valence-electron chi connectivity index (χ1n) is 10.3. The lowest BCUT2D eigenvalue weighted by atomic mass is 9.99. The Morgan fingerprint density at radius 3 is 2.74 bits per heavy atom. The number of tetrazole rings is 1. The SMILES string of the molecule is CCCC1CC(CN(C)C(=O)Cn2nnnc2CN2CCC(C)CC2)NN1. The predicted molar refractivity (Wildman–Crippen MR) is 103 cm³/mol. The zero-order chi connectivity index (χ0) is 19.2. The highest BCUT2D eigenvalue weighted by atomic mass is 16.2. The Labute approximate surface area is 161 Å². The van der Waals surface area contributed by atoms with Gasteiger partial charge in [-0.15, -0.1) is 5.10 Å². The molecule has 0 radical (unpaired) electrons. The summed E-state index contributed by atoms with van der Waals surface area (Å²) in [5.41, 5.74) is 6.63. The van der Waals surface area contributed by atoms with E-state index in [1.807, 2.05) is 7.05 Å². The normalized spacial score (nSPS) is 24.4. The second-order valence-electron chi connectivity index (χ2n) is 8.19. The Morgan fingerprint density at radius 2 is 2.00 bits per heavy atom. The fraction of sp³-hybridized carbons (Fsp3) is 0.889. The van der Waals surface area contributed by atoms with Crippen LogP contribution in [-0.4, -0.2) is 74.7 Å². The van der Waals surface area contributed by atoms with E-state index in [1.54, 1.807) is 9.58 Å². The number of hydrogen-bond acceptors (Lipinski definition) is 7. The van der Waals surface area contributed by atoms with Crippen LogP contribution in [0.5, 0.6) is 0 Å². The van der Waals surface area contributed by atoms with Gasteiger partial charge >= 0.3 is 0 Å². The van der Waals surface area contributed by atoms with Gasteiger partial charge in [-0.25, -0.2) is 4.68 Å². The van der Waals surface area contributed by atoms with Crippen LogP contribution in [0.3, 0.4) is 0 Å². The van der Waals surface area contributed by atoms with Crippen LogP contribution in [0, 0.1) is 5.92 Å². The summed E-state index contributed by atoms with van der Waals surface area (Å²) >= 11 is 0. The molecule has 2 fully saturated rings. The second kappa shape index (κ2) is 9.57. The molecular formula is C18H34N8O. The lowest BCUT2D eigenvalue weighted by molar-refractivity contribution is -0.131. The van der Waals surface area contributed by atoms with Crippen LogP contribution in [-0.2, 0) is 17.9 Å². The molecule has 1 aromatic heterocycles. The van der Waals surface area contributed by atoms with Crippen molar-refractivity contribution >= 4 is 5.91 Å². The third-order valence-electron chi connectivity index (χ3n) is 5.75. The first-order valence-corrected chi connectivity index (χ1v) is 10.3. The molecular weight excluding hydrogens is 344 g/mol. The van der Waals surface area contributed by atoms with E-state index in [1.165, 1.54) is 19.3 Å². The van der Waals surface area contributed by atoms with Crippen molar-refractivity contribution < 1.29 is 4.79 Å². The summed E-state index contributed by atoms with van der Waals surface area (Å²) in [6, 6.07) is 0.793. The molecule has 2 atom stereocenters. The molecule has 0 bridgehead atoms. The first-order chi connectivity index (χ1) is 13.0. The minimum absolute atomic E-state index is 0.0385. The number of hydrazine groups is 1. The van der Waals surface area contributed by atoms with Gasteiger partial charge in [0.2, 0.25) is 5.91 Å². The van der Waals surface area contributed by atoms with Crippen molar-refractivity contribution in [2.45, 2.75) is 71.1 Å². The summed E-state index contributed by atoms with van der Waals surface area (Å²) in [4.78, 5) is 16.8. The van der Waals surface area contributed by atoms with Crippen molar-refractivity contribution in [1.29, 1.82) is 0 Å². The van der Waals surface area contributed by atoms with E-state index in [0.717, 1.165) is 37.7 Å². The van der Waals surface area contributed by atoms with Crippen molar-refractivity contribution in [2.75, 3.05) is 26.7 Å². The highest BCUT2D eigenvalue weighted by Gasteiger charge is 2.26. The summed E-state index contributed by atoms with van der Waals surface area (Å²) in [7, 11) is 1.85. The topological polar surface area (TPSA) is 91.2 Å². The number of likely N-dealkylation sites (tertiary alicyclic amines) is 1. The summed E-state index contributed by atoms with van der Waals surface area (Å²) in [6.07, 6.45) is 5.80. The Bertz CT molecular complexity index is 598. The number of nitrogens with zero attached hydrogens (tertiary/aromatic N) is 6. The number of amides is 1. The van der Waals surface area contributed by atoms with Crippen LogP contribution in [0.25, 0.3) is 0 Å². The minimum Gasteiger partial charge on any atom is -0.343 e. The predicted octanol–water partition coefficient (Wildman–Crippen LogP) is 0.399. The molecule has 2 aliphatic rings. The largest absolute Gasteiger partial charge is 0.343 e. The van der Waals surface area contributed by atoms with Crippen LogP contribution in [0.15, 0.2) is 0 Å². The van der Waals surface area contributed by atoms with Crippen LogP contribution in [0.1, 0.15) is 51.8 Å². The molecule has 0 aliphatic carbocycles. The van der Waals surface area contributed by atoms with Gasteiger partial charge in [0.15, 0.2) is 5.82 Å². The number of nitrogens with one attached hydrogen (secondary N) is 2. The quantitative estimate of drug-likeness (QED) is 0.676. The van der Waals surface area contributed by atoms with Gasteiger partial charge in [0.1, 0.15) is 6.54 Å². The molecule has 9 nitrogen and oxygen atoms in total. The third-order valence-corrected chi connectivity index (χ3v) is 5.75. The molecule has 1 aromatic rings. The number of hydrogen-bond donors (Lipinski definition) is 2. The highest BCUT2D eigenvalue weighted by molar-refractivity contribution is 5.75. The molecule has 27 heavy (non-hydrogen) atoms. The van der Waals surface area contributed by atoms with Gasteiger partial charge in [0.05, 0.1) is 6.54 Å². The second-order valence-corrected chi connectivity index (χ2v) is 8.19. The lowest BCUT2D eigenvalue weighted by Crippen LogP contribution is -2.42. The number of aromatic nitrogens is 4. The highest BCUT2D eigenvalue weighted by Crippen LogP contribution is 2.17. The molecule has 0 spiro atoms. The standard InChI is InChI=1S/C18H34N8O/c1-4-5-15-10-16(20-19-15)11-24(3)18(27)13-26-17(21-22-23-26)12-25-8-6-14(2)7-9-25/h14-16,19-20H,4-13H2,1-3H3. The zero-order valence-corrected chi connectivity index (χ0v) is 16.9. The van der Waals surface area contributed by atoms with E-state index >= 15 is 0 Å². The number of carbonyl (C=O) groups is 1. The smallest absolute Gasteiger partial charge is 0.244 e. The Kier molecular flexibility index (Phi) is 7.14. The molecule has 2 aliphatic heterocycles. The van der Waals surface area contributed by atoms with Crippen molar-refractivity contribution in [3.05, 3.63) is 5.82 Å². The van der Waals surface area contributed by atoms with Gasteiger partial charge in [-0.2, -0.15) is 0 Å². The number of rotatable bonds is 8. The molecule has 1 amide bonds. The summed E-state index contributed by atoms with van der Waals surface area (Å²) in [6.45, 7) is 8.23. The fourth-order valence-electron chi connectivity index (χ4n) is 3.92. The monoisotopic (exact) mass is 378 g/mol. The molecule has 0 aromatic carbocycles. The van der Waals surface area contributed by atoms with E-state index in [2.05, 4.69) is 45.1 Å². The Balaban J connectivity index is 1.47. The van der Waals surface area contributed by atoms with Gasteiger partial charge in [-0.1, -0.05) is 20.3 Å². The summed E-state index contributed by atoms with van der Waals surface area (Å²) < 4.78 is 1.65. The molecule has 9 heteroatoms. The maximum absolute atomic E-state index is 12.6. The maximum atomic E-state index is 12.6. The van der Waals surface area contributed by atoms with Crippen molar-refractivity contribution in [3.63, 3.8) is 0 Å². The molecule has 152 valence electrons. The average Bonchev–Trinajstić information content (AvgIpc) is 3.27. The van der Waals surface area contributed by atoms with Gasteiger partial charge in [-0.3, -0.25) is 20.5 Å². The van der Waals surface area contributed by atoms with Gasteiger partial charge in [-0.05, 0) is 55.1 Å². The summed E-state index contributed by atoms with van der Waals surface area (Å²) in [5.74, 6) is 1.61. The summed E-state index contributed by atoms with van der Waals surface area (Å²) in [5, 5.41) is 12.0. The molecule has 3 rings (SSSR count). The van der Waals surface area contributed by atoms with Gasteiger partial charge in [0, 0.05) is 25.7 Å². The van der Waals surface area contributed by atoms with Crippen LogP contribution < -0.4 is 10.9 Å². The van der Waals surface area contributed by atoms with Gasteiger partial charge in [0.25, 0.3) is 0 Å². The molecule has 2 N–H and O–H groups in total. The van der Waals surface area contributed by atoms with E-state index in [-0.39, 0.29) is 12.5 Å². The average molecular weight is 379 g/mol. The van der Waals surface area contributed by atoms with E-state index in [0.29, 0.717) is 25.2 Å². The van der Waals surface area contributed by atoms with Gasteiger partial charge < -0.3 is 4.90 Å². The number of carbonyl (C=O) groups excluding carboxylic acids is 1. The minimum atomic E-state index is 0.0385. The van der Waals surface area contributed by atoms with Crippen molar-refractivity contribution in [3.8, 4) is 0 Å². The molecule has 3 heterocycles. The number of likely N-dealkylation sites (N-methyl/N-ethyl adjacent to an activating group) is 1. The van der Waals surface area contributed by atoms with E-state index in [4.69, 9.17) is 0 Å². The van der Waals surface area contributed by atoms with Crippen molar-refractivity contribution in [1.82, 2.24) is 40.9 Å². The van der Waals surface area contributed by atoms with E-state index in [9.17, 15) is 4.79 Å². The maximum Gasteiger partial charge on any atom is 0.244 e. The zero-order valence-electron chi connectivity index (χ0n) is 16.9.